The van der Waals surface area contributed by atoms with E-state index < -0.39 is 5.97 Å². The molecule has 1 aromatic rings. The van der Waals surface area contributed by atoms with E-state index in [0.29, 0.717) is 19.8 Å². The van der Waals surface area contributed by atoms with E-state index in [-0.39, 0.29) is 18.1 Å². The number of pyridine rings is 1. The second-order valence-corrected chi connectivity index (χ2v) is 4.91. The topological polar surface area (TPSA) is 77.9 Å². The number of carbonyl (C=O) groups is 1. The van der Waals surface area contributed by atoms with E-state index in [2.05, 4.69) is 4.98 Å². The Morgan fingerprint density at radius 2 is 2.00 bits per heavy atom. The zero-order valence-electron chi connectivity index (χ0n) is 12.3. The Kier molecular flexibility index (Phi) is 5.95. The van der Waals surface area contributed by atoms with Gasteiger partial charge in [0.2, 0.25) is 5.88 Å². The van der Waals surface area contributed by atoms with Crippen LogP contribution in [0.2, 0.25) is 0 Å². The molecule has 0 radical (unpaired) electrons. The van der Waals surface area contributed by atoms with Crippen molar-refractivity contribution in [1.82, 2.24) is 4.98 Å². The SMILES string of the molecule is COCCOCCOc1nc2c(cc1C(=O)O)CCCC2. The summed E-state index contributed by atoms with van der Waals surface area (Å²) in [6.45, 7) is 1.66. The van der Waals surface area contributed by atoms with Crippen molar-refractivity contribution < 1.29 is 24.1 Å². The Morgan fingerprint density at radius 3 is 2.76 bits per heavy atom. The van der Waals surface area contributed by atoms with Crippen LogP contribution in [0.1, 0.15) is 34.5 Å². The molecule has 0 atom stereocenters. The highest BCUT2D eigenvalue weighted by Gasteiger charge is 2.19. The zero-order valence-corrected chi connectivity index (χ0v) is 12.3. The Hall–Kier alpha value is -1.66. The summed E-state index contributed by atoms with van der Waals surface area (Å²) in [5.41, 5.74) is 2.12. The van der Waals surface area contributed by atoms with E-state index >= 15 is 0 Å². The average molecular weight is 295 g/mol. The molecule has 0 spiro atoms. The lowest BCUT2D eigenvalue weighted by Gasteiger charge is -2.17. The van der Waals surface area contributed by atoms with Gasteiger partial charge in [0.1, 0.15) is 12.2 Å². The molecule has 21 heavy (non-hydrogen) atoms. The first-order chi connectivity index (χ1) is 10.2. The lowest BCUT2D eigenvalue weighted by atomic mass is 9.95. The summed E-state index contributed by atoms with van der Waals surface area (Å²) in [5.74, 6) is -0.815. The normalized spacial score (nSPS) is 13.8. The van der Waals surface area contributed by atoms with Gasteiger partial charge in [-0.15, -0.1) is 0 Å². The molecule has 1 aliphatic rings. The number of aromatic nitrogens is 1. The van der Waals surface area contributed by atoms with Gasteiger partial charge in [-0.1, -0.05) is 0 Å². The lowest BCUT2D eigenvalue weighted by molar-refractivity contribution is 0.0526. The maximum Gasteiger partial charge on any atom is 0.341 e. The maximum atomic E-state index is 11.3. The number of fused-ring (bicyclic) bond motifs is 1. The monoisotopic (exact) mass is 295 g/mol. The van der Waals surface area contributed by atoms with E-state index in [1.807, 2.05) is 0 Å². The molecule has 1 heterocycles. The third kappa shape index (κ3) is 4.41. The summed E-state index contributed by atoms with van der Waals surface area (Å²) >= 11 is 0. The van der Waals surface area contributed by atoms with Crippen LogP contribution in [-0.4, -0.2) is 49.6 Å². The molecule has 0 aliphatic heterocycles. The third-order valence-electron chi connectivity index (χ3n) is 3.39. The second kappa shape index (κ2) is 7.95. The summed E-state index contributed by atoms with van der Waals surface area (Å²) in [6, 6.07) is 1.70. The van der Waals surface area contributed by atoms with Crippen LogP contribution in [0.5, 0.6) is 5.88 Å². The number of hydrogen-bond acceptors (Lipinski definition) is 5. The minimum Gasteiger partial charge on any atom is -0.477 e. The second-order valence-electron chi connectivity index (χ2n) is 4.91. The molecular weight excluding hydrogens is 274 g/mol. The first kappa shape index (κ1) is 15.7. The van der Waals surface area contributed by atoms with Crippen molar-refractivity contribution in [3.05, 3.63) is 22.9 Å². The van der Waals surface area contributed by atoms with Crippen LogP contribution in [0.15, 0.2) is 6.07 Å². The Labute approximate surface area is 124 Å². The van der Waals surface area contributed by atoms with Crippen LogP contribution in [0, 0.1) is 0 Å². The highest BCUT2D eigenvalue weighted by Crippen LogP contribution is 2.26. The van der Waals surface area contributed by atoms with Crippen molar-refractivity contribution >= 4 is 5.97 Å². The van der Waals surface area contributed by atoms with Crippen LogP contribution >= 0.6 is 0 Å². The summed E-state index contributed by atoms with van der Waals surface area (Å²) < 4.78 is 15.6. The van der Waals surface area contributed by atoms with Crippen LogP contribution in [0.25, 0.3) is 0 Å². The molecule has 1 aliphatic carbocycles. The Bertz CT molecular complexity index is 489. The zero-order chi connectivity index (χ0) is 15.1. The van der Waals surface area contributed by atoms with E-state index in [9.17, 15) is 9.90 Å². The van der Waals surface area contributed by atoms with Gasteiger partial charge in [-0.25, -0.2) is 9.78 Å². The van der Waals surface area contributed by atoms with Crippen molar-refractivity contribution in [2.45, 2.75) is 25.7 Å². The number of aromatic carboxylic acids is 1. The predicted octanol–water partition coefficient (Wildman–Crippen LogP) is 1.70. The number of methoxy groups -OCH3 is 1. The fraction of sp³-hybridized carbons (Fsp3) is 0.600. The van der Waals surface area contributed by atoms with Gasteiger partial charge in [0, 0.05) is 12.8 Å². The fourth-order valence-electron chi connectivity index (χ4n) is 2.32. The van der Waals surface area contributed by atoms with E-state index in [0.717, 1.165) is 36.9 Å². The first-order valence-electron chi connectivity index (χ1n) is 7.18. The molecule has 1 N–H and O–H groups in total. The van der Waals surface area contributed by atoms with Gasteiger partial charge < -0.3 is 19.3 Å². The molecule has 6 nitrogen and oxygen atoms in total. The van der Waals surface area contributed by atoms with Crippen molar-refractivity contribution in [3.63, 3.8) is 0 Å². The van der Waals surface area contributed by atoms with Gasteiger partial charge in [-0.2, -0.15) is 0 Å². The van der Waals surface area contributed by atoms with Crippen molar-refractivity contribution in [2.24, 2.45) is 0 Å². The molecule has 0 amide bonds. The fourth-order valence-corrected chi connectivity index (χ4v) is 2.32. The number of carboxylic acids is 1. The van der Waals surface area contributed by atoms with E-state index in [1.165, 1.54) is 0 Å². The smallest absolute Gasteiger partial charge is 0.341 e. The molecule has 116 valence electrons. The van der Waals surface area contributed by atoms with Crippen molar-refractivity contribution in [2.75, 3.05) is 33.5 Å². The predicted molar refractivity (Wildman–Crippen MR) is 76.0 cm³/mol. The van der Waals surface area contributed by atoms with Crippen LogP contribution in [0.3, 0.4) is 0 Å². The number of carboxylic acid groups (broad SMARTS) is 1. The number of nitrogens with zero attached hydrogens (tertiary/aromatic N) is 1. The molecule has 0 aromatic carbocycles. The molecular formula is C15H21NO5. The van der Waals surface area contributed by atoms with Crippen molar-refractivity contribution in [1.29, 1.82) is 0 Å². The Balaban J connectivity index is 1.98. The van der Waals surface area contributed by atoms with Crippen LogP contribution in [-0.2, 0) is 22.3 Å². The Morgan fingerprint density at radius 1 is 1.24 bits per heavy atom. The summed E-state index contributed by atoms with van der Waals surface area (Å²) in [7, 11) is 1.61. The molecule has 1 aromatic heterocycles. The third-order valence-corrected chi connectivity index (χ3v) is 3.39. The van der Waals surface area contributed by atoms with Gasteiger partial charge in [0.15, 0.2) is 0 Å². The molecule has 0 fully saturated rings. The minimum atomic E-state index is -1.01. The van der Waals surface area contributed by atoms with Gasteiger partial charge >= 0.3 is 5.97 Å². The molecule has 0 saturated heterocycles. The molecule has 0 saturated carbocycles. The largest absolute Gasteiger partial charge is 0.477 e. The summed E-state index contributed by atoms with van der Waals surface area (Å²) in [6.07, 6.45) is 3.95. The molecule has 2 rings (SSSR count). The van der Waals surface area contributed by atoms with Crippen LogP contribution in [0.4, 0.5) is 0 Å². The number of ether oxygens (including phenoxy) is 3. The first-order valence-corrected chi connectivity index (χ1v) is 7.18. The minimum absolute atomic E-state index is 0.132. The van der Waals surface area contributed by atoms with Gasteiger partial charge in [-0.3, -0.25) is 0 Å². The van der Waals surface area contributed by atoms with E-state index in [1.54, 1.807) is 13.2 Å². The summed E-state index contributed by atoms with van der Waals surface area (Å²) in [4.78, 5) is 15.7. The molecule has 6 heteroatoms. The van der Waals surface area contributed by atoms with Crippen LogP contribution < -0.4 is 4.74 Å². The number of hydrogen-bond donors (Lipinski definition) is 1. The quantitative estimate of drug-likeness (QED) is 0.735. The number of aryl methyl sites for hydroxylation is 2. The highest BCUT2D eigenvalue weighted by atomic mass is 16.5. The lowest BCUT2D eigenvalue weighted by Crippen LogP contribution is -2.15. The molecule has 0 bridgehead atoms. The average Bonchev–Trinajstić information content (AvgIpc) is 2.49. The maximum absolute atomic E-state index is 11.3. The molecule has 0 unspecified atom stereocenters. The van der Waals surface area contributed by atoms with E-state index in [4.69, 9.17) is 14.2 Å². The standard InChI is InChI=1S/C15H21NO5/c1-19-6-7-20-8-9-21-14-12(15(17)18)10-11-4-2-3-5-13(11)16-14/h10H,2-9H2,1H3,(H,17,18). The summed E-state index contributed by atoms with van der Waals surface area (Å²) in [5, 5.41) is 9.27. The van der Waals surface area contributed by atoms with Gasteiger partial charge in [-0.05, 0) is 37.3 Å². The van der Waals surface area contributed by atoms with Gasteiger partial charge in [0.05, 0.1) is 19.8 Å². The number of rotatable bonds is 8. The van der Waals surface area contributed by atoms with Crippen molar-refractivity contribution in [3.8, 4) is 5.88 Å². The van der Waals surface area contributed by atoms with Gasteiger partial charge in [0.25, 0.3) is 0 Å². The highest BCUT2D eigenvalue weighted by molar-refractivity contribution is 5.90.